The van der Waals surface area contributed by atoms with Gasteiger partial charge >= 0.3 is 0 Å². The summed E-state index contributed by atoms with van der Waals surface area (Å²) >= 11 is 0. The number of nitrogens with one attached hydrogen (secondary N) is 1. The molecule has 2 aromatic heterocycles. The zero-order valence-corrected chi connectivity index (χ0v) is 18.6. The van der Waals surface area contributed by atoms with Crippen molar-refractivity contribution in [2.45, 2.75) is 26.5 Å². The molecule has 3 heterocycles. The summed E-state index contributed by atoms with van der Waals surface area (Å²) in [4.78, 5) is 11.6. The predicted octanol–water partition coefficient (Wildman–Crippen LogP) is 5.44. The Morgan fingerprint density at radius 2 is 1.91 bits per heavy atom. The average molecular weight is 425 g/mol. The third-order valence-electron chi connectivity index (χ3n) is 5.96. The molecular formula is C27H28N4O. The maximum absolute atomic E-state index is 5.66. The molecule has 0 saturated carbocycles. The molecule has 1 unspecified atom stereocenters. The fourth-order valence-corrected chi connectivity index (χ4v) is 4.22. The highest BCUT2D eigenvalue weighted by molar-refractivity contribution is 5.92. The lowest BCUT2D eigenvalue weighted by atomic mass is 10.0. The minimum absolute atomic E-state index is 0.230. The zero-order chi connectivity index (χ0) is 21.9. The van der Waals surface area contributed by atoms with Gasteiger partial charge in [-0.25, -0.2) is 9.97 Å². The van der Waals surface area contributed by atoms with Crippen LogP contribution in [0.25, 0.3) is 21.9 Å². The molecule has 4 aromatic rings. The maximum atomic E-state index is 5.66. The number of hydrogen-bond acceptors (Lipinski definition) is 5. The summed E-state index contributed by atoms with van der Waals surface area (Å²) in [5, 5.41) is 5.67. The molecule has 0 radical (unpaired) electrons. The Labute approximate surface area is 189 Å². The first-order chi connectivity index (χ1) is 15.7. The second kappa shape index (κ2) is 8.97. The molecule has 1 N–H and O–H groups in total. The van der Waals surface area contributed by atoms with Gasteiger partial charge in [-0.3, -0.25) is 0 Å². The van der Waals surface area contributed by atoms with Gasteiger partial charge in [0.05, 0.1) is 12.7 Å². The molecule has 1 aliphatic rings. The van der Waals surface area contributed by atoms with Crippen molar-refractivity contribution < 1.29 is 4.74 Å². The van der Waals surface area contributed by atoms with E-state index in [9.17, 15) is 0 Å². The van der Waals surface area contributed by atoms with Gasteiger partial charge in [-0.1, -0.05) is 54.1 Å². The lowest BCUT2D eigenvalue weighted by Crippen LogP contribution is -2.41. The highest BCUT2D eigenvalue weighted by Gasteiger charge is 2.18. The van der Waals surface area contributed by atoms with E-state index in [1.807, 2.05) is 18.5 Å². The van der Waals surface area contributed by atoms with E-state index < -0.39 is 0 Å². The smallest absolute Gasteiger partial charge is 0.135 e. The summed E-state index contributed by atoms with van der Waals surface area (Å²) in [6.07, 6.45) is 4.02. The Balaban J connectivity index is 1.31. The third-order valence-corrected chi connectivity index (χ3v) is 5.96. The lowest BCUT2D eigenvalue weighted by molar-refractivity contribution is 0.0529. The van der Waals surface area contributed by atoms with E-state index in [0.717, 1.165) is 42.1 Å². The molecular weight excluding hydrogens is 396 g/mol. The summed E-state index contributed by atoms with van der Waals surface area (Å²) in [5.74, 6) is 1.86. The number of anilines is 2. The van der Waals surface area contributed by atoms with Crippen LogP contribution in [0.1, 0.15) is 18.1 Å². The van der Waals surface area contributed by atoms with Gasteiger partial charge in [0.15, 0.2) is 0 Å². The molecule has 0 bridgehead atoms. The number of morpholine rings is 1. The van der Waals surface area contributed by atoms with E-state index in [0.29, 0.717) is 6.54 Å². The largest absolute Gasteiger partial charge is 0.375 e. The SMILES string of the molecule is Cc1cccc(-c2ccc(CNc3nccc4cc(N5CCOC(C)C5)ncc34)cc2)c1. The number of aryl methyl sites for hydroxylation is 1. The minimum Gasteiger partial charge on any atom is -0.375 e. The first-order valence-corrected chi connectivity index (χ1v) is 11.2. The van der Waals surface area contributed by atoms with Crippen LogP contribution in [-0.4, -0.2) is 35.8 Å². The molecule has 0 aliphatic carbocycles. The van der Waals surface area contributed by atoms with Gasteiger partial charge in [0.1, 0.15) is 11.6 Å². The maximum Gasteiger partial charge on any atom is 0.135 e. The third kappa shape index (κ3) is 4.43. The van der Waals surface area contributed by atoms with Crippen molar-refractivity contribution in [3.05, 3.63) is 84.2 Å². The molecule has 162 valence electrons. The standard InChI is InChI=1S/C27H28N4O/c1-19-4-3-5-23(14-19)22-8-6-21(7-9-22)16-30-27-25-17-29-26(15-24(25)10-11-28-27)31-12-13-32-20(2)18-31/h3-11,14-15,17,20H,12-13,16,18H2,1-2H3,(H,28,30). The second-order valence-electron chi connectivity index (χ2n) is 8.47. The van der Waals surface area contributed by atoms with E-state index in [2.05, 4.69) is 83.6 Å². The van der Waals surface area contributed by atoms with Crippen LogP contribution in [0.5, 0.6) is 0 Å². The van der Waals surface area contributed by atoms with Gasteiger partial charge in [-0.05, 0) is 48.1 Å². The van der Waals surface area contributed by atoms with Crippen molar-refractivity contribution in [2.75, 3.05) is 29.9 Å². The van der Waals surface area contributed by atoms with Crippen LogP contribution in [0.2, 0.25) is 0 Å². The fourth-order valence-electron chi connectivity index (χ4n) is 4.22. The number of aromatic nitrogens is 2. The van der Waals surface area contributed by atoms with Gasteiger partial charge in [0, 0.05) is 37.4 Å². The van der Waals surface area contributed by atoms with E-state index in [1.54, 1.807) is 0 Å². The molecule has 0 amide bonds. The predicted molar refractivity (Wildman–Crippen MR) is 131 cm³/mol. The monoisotopic (exact) mass is 424 g/mol. The Hall–Kier alpha value is -3.44. The number of fused-ring (bicyclic) bond motifs is 1. The number of hydrogen-bond donors (Lipinski definition) is 1. The van der Waals surface area contributed by atoms with Crippen LogP contribution >= 0.6 is 0 Å². The Morgan fingerprint density at radius 1 is 1.03 bits per heavy atom. The molecule has 0 spiro atoms. The first kappa shape index (κ1) is 20.5. The van der Waals surface area contributed by atoms with E-state index in [1.165, 1.54) is 22.3 Å². The fraction of sp³-hybridized carbons (Fsp3) is 0.259. The molecule has 2 aromatic carbocycles. The van der Waals surface area contributed by atoms with Crippen molar-refractivity contribution in [3.8, 4) is 11.1 Å². The van der Waals surface area contributed by atoms with E-state index in [4.69, 9.17) is 9.72 Å². The van der Waals surface area contributed by atoms with Crippen LogP contribution in [0.15, 0.2) is 73.1 Å². The molecule has 5 nitrogen and oxygen atoms in total. The minimum atomic E-state index is 0.230. The number of ether oxygens (including phenoxy) is 1. The van der Waals surface area contributed by atoms with Crippen molar-refractivity contribution in [2.24, 2.45) is 0 Å². The number of rotatable bonds is 5. The second-order valence-corrected chi connectivity index (χ2v) is 8.47. The summed E-state index contributed by atoms with van der Waals surface area (Å²) in [6.45, 7) is 7.42. The van der Waals surface area contributed by atoms with Gasteiger partial charge in [-0.15, -0.1) is 0 Å². The lowest BCUT2D eigenvalue weighted by Gasteiger charge is -2.32. The van der Waals surface area contributed by atoms with E-state index in [-0.39, 0.29) is 6.10 Å². The molecule has 1 saturated heterocycles. The van der Waals surface area contributed by atoms with Crippen molar-refractivity contribution >= 4 is 22.4 Å². The first-order valence-electron chi connectivity index (χ1n) is 11.2. The summed E-state index contributed by atoms with van der Waals surface area (Å²) in [6, 6.07) is 21.5. The van der Waals surface area contributed by atoms with Gasteiger partial charge < -0.3 is 15.0 Å². The van der Waals surface area contributed by atoms with E-state index >= 15 is 0 Å². The summed E-state index contributed by atoms with van der Waals surface area (Å²) in [7, 11) is 0. The summed E-state index contributed by atoms with van der Waals surface area (Å²) < 4.78 is 5.66. The molecule has 1 aliphatic heterocycles. The highest BCUT2D eigenvalue weighted by Crippen LogP contribution is 2.26. The quantitative estimate of drug-likeness (QED) is 0.462. The Kier molecular flexibility index (Phi) is 5.73. The van der Waals surface area contributed by atoms with Crippen molar-refractivity contribution in [1.29, 1.82) is 0 Å². The molecule has 1 atom stereocenters. The van der Waals surface area contributed by atoms with Crippen molar-refractivity contribution in [1.82, 2.24) is 9.97 Å². The normalized spacial score (nSPS) is 16.3. The number of nitrogens with zero attached hydrogens (tertiary/aromatic N) is 3. The highest BCUT2D eigenvalue weighted by atomic mass is 16.5. The van der Waals surface area contributed by atoms with Crippen LogP contribution in [-0.2, 0) is 11.3 Å². The Bertz CT molecular complexity index is 1220. The summed E-state index contributed by atoms with van der Waals surface area (Å²) in [5.41, 5.74) is 4.97. The number of pyridine rings is 2. The van der Waals surface area contributed by atoms with Gasteiger partial charge in [-0.2, -0.15) is 0 Å². The van der Waals surface area contributed by atoms with Crippen LogP contribution < -0.4 is 10.2 Å². The van der Waals surface area contributed by atoms with Gasteiger partial charge in [0.2, 0.25) is 0 Å². The molecule has 5 rings (SSSR count). The molecule has 5 heteroatoms. The van der Waals surface area contributed by atoms with Crippen LogP contribution in [0.3, 0.4) is 0 Å². The molecule has 32 heavy (non-hydrogen) atoms. The molecule has 1 fully saturated rings. The zero-order valence-electron chi connectivity index (χ0n) is 18.6. The Morgan fingerprint density at radius 3 is 2.72 bits per heavy atom. The van der Waals surface area contributed by atoms with Gasteiger partial charge in [0.25, 0.3) is 0 Å². The van der Waals surface area contributed by atoms with Crippen LogP contribution in [0, 0.1) is 6.92 Å². The average Bonchev–Trinajstić information content (AvgIpc) is 2.82. The van der Waals surface area contributed by atoms with Crippen LogP contribution in [0.4, 0.5) is 11.6 Å². The van der Waals surface area contributed by atoms with Crippen molar-refractivity contribution in [3.63, 3.8) is 0 Å². The topological polar surface area (TPSA) is 50.3 Å². The number of benzene rings is 2.